The van der Waals surface area contributed by atoms with Crippen molar-refractivity contribution in [2.45, 2.75) is 6.42 Å². The zero-order valence-electron chi connectivity index (χ0n) is 12.3. The molecular formula is C15H16ClN3O3. The SMILES string of the molecule is COc1ccc(CCNC(=O)c2ccc(Cl)nn2)cc1OC. The average Bonchev–Trinajstić information content (AvgIpc) is 2.55. The number of benzene rings is 1. The van der Waals surface area contributed by atoms with Gasteiger partial charge in [0.2, 0.25) is 0 Å². The van der Waals surface area contributed by atoms with E-state index in [-0.39, 0.29) is 16.8 Å². The third-order valence-electron chi connectivity index (χ3n) is 3.01. The van der Waals surface area contributed by atoms with Gasteiger partial charge in [0.25, 0.3) is 5.91 Å². The quantitative estimate of drug-likeness (QED) is 0.882. The summed E-state index contributed by atoms with van der Waals surface area (Å²) in [5.74, 6) is 1.05. The van der Waals surface area contributed by atoms with E-state index in [0.29, 0.717) is 24.5 Å². The molecule has 2 rings (SSSR count). The molecule has 0 saturated carbocycles. The van der Waals surface area contributed by atoms with Gasteiger partial charge in [0.1, 0.15) is 0 Å². The summed E-state index contributed by atoms with van der Waals surface area (Å²) in [7, 11) is 3.17. The number of hydrogen-bond acceptors (Lipinski definition) is 5. The summed E-state index contributed by atoms with van der Waals surface area (Å²) >= 11 is 5.63. The van der Waals surface area contributed by atoms with E-state index in [0.717, 1.165) is 5.56 Å². The first-order chi connectivity index (χ1) is 10.6. The van der Waals surface area contributed by atoms with Gasteiger partial charge in [-0.15, -0.1) is 10.2 Å². The average molecular weight is 322 g/mol. The lowest BCUT2D eigenvalue weighted by atomic mass is 10.1. The van der Waals surface area contributed by atoms with Gasteiger partial charge in [0.15, 0.2) is 22.3 Å². The summed E-state index contributed by atoms with van der Waals surface area (Å²) in [4.78, 5) is 11.9. The van der Waals surface area contributed by atoms with Gasteiger partial charge in [0, 0.05) is 6.54 Å². The second kappa shape index (κ2) is 7.61. The molecule has 116 valence electrons. The van der Waals surface area contributed by atoms with E-state index in [9.17, 15) is 4.79 Å². The summed E-state index contributed by atoms with van der Waals surface area (Å²) < 4.78 is 10.4. The molecule has 22 heavy (non-hydrogen) atoms. The highest BCUT2D eigenvalue weighted by Crippen LogP contribution is 2.27. The summed E-state index contributed by atoms with van der Waals surface area (Å²) in [5.41, 5.74) is 1.26. The molecule has 1 amide bonds. The van der Waals surface area contributed by atoms with Crippen molar-refractivity contribution in [1.29, 1.82) is 0 Å². The number of hydrogen-bond donors (Lipinski definition) is 1. The van der Waals surface area contributed by atoms with Gasteiger partial charge < -0.3 is 14.8 Å². The van der Waals surface area contributed by atoms with Gasteiger partial charge in [-0.1, -0.05) is 17.7 Å². The molecule has 0 aliphatic carbocycles. The molecule has 0 radical (unpaired) electrons. The molecule has 1 heterocycles. The monoisotopic (exact) mass is 321 g/mol. The van der Waals surface area contributed by atoms with Crippen LogP contribution in [-0.2, 0) is 6.42 Å². The number of methoxy groups -OCH3 is 2. The maximum absolute atomic E-state index is 11.9. The Balaban J connectivity index is 1.90. The van der Waals surface area contributed by atoms with Crippen LogP contribution in [0.4, 0.5) is 0 Å². The van der Waals surface area contributed by atoms with E-state index >= 15 is 0 Å². The first kappa shape index (κ1) is 16.0. The minimum absolute atomic E-state index is 0.233. The number of nitrogens with one attached hydrogen (secondary N) is 1. The topological polar surface area (TPSA) is 73.3 Å². The fraction of sp³-hybridized carbons (Fsp3) is 0.267. The summed E-state index contributed by atoms with van der Waals surface area (Å²) in [5, 5.41) is 10.4. The van der Waals surface area contributed by atoms with Gasteiger partial charge in [-0.3, -0.25) is 4.79 Å². The number of carbonyl (C=O) groups is 1. The van der Waals surface area contributed by atoms with E-state index in [1.165, 1.54) is 12.1 Å². The normalized spacial score (nSPS) is 10.1. The highest BCUT2D eigenvalue weighted by atomic mass is 35.5. The van der Waals surface area contributed by atoms with E-state index in [1.54, 1.807) is 14.2 Å². The van der Waals surface area contributed by atoms with Gasteiger partial charge in [0.05, 0.1) is 14.2 Å². The van der Waals surface area contributed by atoms with Crippen LogP contribution in [0.25, 0.3) is 0 Å². The molecule has 1 N–H and O–H groups in total. The van der Waals surface area contributed by atoms with Gasteiger partial charge in [-0.25, -0.2) is 0 Å². The Kier molecular flexibility index (Phi) is 5.55. The smallest absolute Gasteiger partial charge is 0.271 e. The van der Waals surface area contributed by atoms with Crippen molar-refractivity contribution in [1.82, 2.24) is 15.5 Å². The van der Waals surface area contributed by atoms with Crippen LogP contribution in [0, 0.1) is 0 Å². The van der Waals surface area contributed by atoms with Crippen molar-refractivity contribution >= 4 is 17.5 Å². The van der Waals surface area contributed by atoms with Crippen LogP contribution in [0.15, 0.2) is 30.3 Å². The molecule has 0 spiro atoms. The fourth-order valence-corrected chi connectivity index (χ4v) is 1.98. The second-order valence-electron chi connectivity index (χ2n) is 4.44. The molecule has 0 unspecified atom stereocenters. The van der Waals surface area contributed by atoms with E-state index in [2.05, 4.69) is 15.5 Å². The van der Waals surface area contributed by atoms with Crippen LogP contribution in [0.2, 0.25) is 5.15 Å². The van der Waals surface area contributed by atoms with Crippen molar-refractivity contribution in [3.05, 3.63) is 46.7 Å². The lowest BCUT2D eigenvalue weighted by Gasteiger charge is -2.10. The molecule has 0 aliphatic heterocycles. The molecule has 0 atom stereocenters. The Labute approximate surface area is 133 Å². The number of carbonyl (C=O) groups excluding carboxylic acids is 1. The first-order valence-electron chi connectivity index (χ1n) is 6.62. The maximum Gasteiger partial charge on any atom is 0.271 e. The van der Waals surface area contributed by atoms with Crippen molar-refractivity contribution in [2.24, 2.45) is 0 Å². The lowest BCUT2D eigenvalue weighted by Crippen LogP contribution is -2.26. The summed E-state index contributed by atoms with van der Waals surface area (Å²) in [6.45, 7) is 0.471. The Hall–Kier alpha value is -2.34. The highest BCUT2D eigenvalue weighted by molar-refractivity contribution is 6.29. The van der Waals surface area contributed by atoms with Crippen molar-refractivity contribution in [2.75, 3.05) is 20.8 Å². The Bertz CT molecular complexity index is 647. The predicted octanol–water partition coefficient (Wildman–Crippen LogP) is 2.12. The molecule has 1 aromatic carbocycles. The molecular weight excluding hydrogens is 306 g/mol. The number of nitrogens with zero attached hydrogens (tertiary/aromatic N) is 2. The molecule has 0 fully saturated rings. The minimum atomic E-state index is -0.287. The molecule has 0 aliphatic rings. The van der Waals surface area contributed by atoms with Crippen LogP contribution >= 0.6 is 11.6 Å². The highest BCUT2D eigenvalue weighted by Gasteiger charge is 2.08. The number of rotatable bonds is 6. The second-order valence-corrected chi connectivity index (χ2v) is 4.82. The first-order valence-corrected chi connectivity index (χ1v) is 7.00. The molecule has 6 nitrogen and oxygen atoms in total. The molecule has 1 aromatic heterocycles. The number of amides is 1. The molecule has 0 bridgehead atoms. The number of halogens is 1. The van der Waals surface area contributed by atoms with Crippen molar-refractivity contribution < 1.29 is 14.3 Å². The zero-order valence-corrected chi connectivity index (χ0v) is 13.1. The Morgan fingerprint density at radius 1 is 1.14 bits per heavy atom. The minimum Gasteiger partial charge on any atom is -0.493 e. The van der Waals surface area contributed by atoms with Crippen LogP contribution in [0.1, 0.15) is 16.1 Å². The standard InChI is InChI=1S/C15H16ClN3O3/c1-21-12-5-3-10(9-13(12)22-2)7-8-17-15(20)11-4-6-14(16)19-18-11/h3-6,9H,7-8H2,1-2H3,(H,17,20). The van der Waals surface area contributed by atoms with E-state index in [4.69, 9.17) is 21.1 Å². The van der Waals surface area contributed by atoms with Crippen LogP contribution < -0.4 is 14.8 Å². The van der Waals surface area contributed by atoms with E-state index in [1.807, 2.05) is 18.2 Å². The Morgan fingerprint density at radius 2 is 1.91 bits per heavy atom. The maximum atomic E-state index is 11.9. The number of aromatic nitrogens is 2. The Morgan fingerprint density at radius 3 is 2.55 bits per heavy atom. The third-order valence-corrected chi connectivity index (χ3v) is 3.21. The van der Waals surface area contributed by atoms with Crippen LogP contribution in [-0.4, -0.2) is 36.9 Å². The van der Waals surface area contributed by atoms with Gasteiger partial charge in [-0.2, -0.15) is 0 Å². The number of ether oxygens (including phenoxy) is 2. The van der Waals surface area contributed by atoms with Gasteiger partial charge >= 0.3 is 0 Å². The van der Waals surface area contributed by atoms with E-state index < -0.39 is 0 Å². The zero-order chi connectivity index (χ0) is 15.9. The molecule has 2 aromatic rings. The molecule has 0 saturated heterocycles. The van der Waals surface area contributed by atoms with Crippen molar-refractivity contribution in [3.8, 4) is 11.5 Å². The lowest BCUT2D eigenvalue weighted by molar-refractivity contribution is 0.0948. The van der Waals surface area contributed by atoms with Crippen LogP contribution in [0.3, 0.4) is 0 Å². The summed E-state index contributed by atoms with van der Waals surface area (Å²) in [6.07, 6.45) is 0.660. The predicted molar refractivity (Wildman–Crippen MR) is 82.6 cm³/mol. The molecule has 7 heteroatoms. The third kappa shape index (κ3) is 4.08. The van der Waals surface area contributed by atoms with Crippen LogP contribution in [0.5, 0.6) is 11.5 Å². The fourth-order valence-electron chi connectivity index (χ4n) is 1.88. The van der Waals surface area contributed by atoms with Gasteiger partial charge in [-0.05, 0) is 36.2 Å². The van der Waals surface area contributed by atoms with Crippen molar-refractivity contribution in [3.63, 3.8) is 0 Å². The summed E-state index contributed by atoms with van der Waals surface area (Å²) in [6, 6.07) is 8.70. The largest absolute Gasteiger partial charge is 0.493 e.